The molecule has 0 saturated carbocycles. The molecule has 1 aromatic rings. The predicted octanol–water partition coefficient (Wildman–Crippen LogP) is 3.13. The molecule has 0 radical (unpaired) electrons. The monoisotopic (exact) mass is 302 g/mol. The van der Waals surface area contributed by atoms with Crippen molar-refractivity contribution in [3.05, 3.63) is 16.4 Å². The van der Waals surface area contributed by atoms with Gasteiger partial charge < -0.3 is 0 Å². The summed E-state index contributed by atoms with van der Waals surface area (Å²) in [6.07, 6.45) is 4.88. The number of halogens is 1. The average Bonchev–Trinajstić information content (AvgIpc) is 2.88. The number of carbonyl (C=O) groups excluding carboxylic acids is 1. The van der Waals surface area contributed by atoms with Gasteiger partial charge in [-0.3, -0.25) is 9.48 Å². The van der Waals surface area contributed by atoms with Crippen molar-refractivity contribution in [3.63, 3.8) is 0 Å². The summed E-state index contributed by atoms with van der Waals surface area (Å²) < 4.78 is 2.66. The Balaban J connectivity index is 2.23. The molecule has 1 saturated heterocycles. The number of Topliss-reactive ketones (excluding diaryl/α,β-unsaturated/α-hetero) is 1. The Kier molecular flexibility index (Phi) is 4.08. The first-order valence-electron chi connectivity index (χ1n) is 5.61. The molecule has 0 N–H and O–H groups in total. The van der Waals surface area contributed by atoms with E-state index < -0.39 is 0 Å². The second kappa shape index (κ2) is 5.36. The molecule has 16 heavy (non-hydrogen) atoms. The number of hydrogen-bond acceptors (Lipinski definition) is 3. The number of aromatic nitrogens is 2. The second-order valence-corrected chi connectivity index (χ2v) is 6.10. The lowest BCUT2D eigenvalue weighted by Gasteiger charge is -2.10. The summed E-state index contributed by atoms with van der Waals surface area (Å²) in [6.45, 7) is 2.90. The lowest BCUT2D eigenvalue weighted by atomic mass is 10.1. The second-order valence-electron chi connectivity index (χ2n) is 3.93. The molecule has 88 valence electrons. The van der Waals surface area contributed by atoms with Gasteiger partial charge in [0.1, 0.15) is 5.69 Å². The molecule has 0 amide bonds. The number of hydrogen-bond donors (Lipinski definition) is 0. The van der Waals surface area contributed by atoms with Gasteiger partial charge in [0.05, 0.1) is 15.9 Å². The molecule has 1 aromatic heterocycles. The maximum absolute atomic E-state index is 12.3. The summed E-state index contributed by atoms with van der Waals surface area (Å²) in [4.78, 5) is 12.3. The van der Waals surface area contributed by atoms with E-state index in [1.165, 1.54) is 0 Å². The van der Waals surface area contributed by atoms with Crippen LogP contribution in [0.15, 0.2) is 10.7 Å². The third kappa shape index (κ3) is 2.35. The number of ketones is 1. The molecule has 1 unspecified atom stereocenters. The zero-order valence-electron chi connectivity index (χ0n) is 9.28. The van der Waals surface area contributed by atoms with Crippen LogP contribution in [0.3, 0.4) is 0 Å². The van der Waals surface area contributed by atoms with Gasteiger partial charge >= 0.3 is 0 Å². The number of carbonyl (C=O) groups is 1. The summed E-state index contributed by atoms with van der Waals surface area (Å²) in [5.74, 6) is 1.34. The van der Waals surface area contributed by atoms with Crippen LogP contribution in [0.5, 0.6) is 0 Å². The highest BCUT2D eigenvalue weighted by atomic mass is 79.9. The maximum Gasteiger partial charge on any atom is 0.194 e. The first kappa shape index (κ1) is 12.2. The van der Waals surface area contributed by atoms with Crippen LogP contribution >= 0.6 is 27.7 Å². The highest BCUT2D eigenvalue weighted by Crippen LogP contribution is 2.31. The van der Waals surface area contributed by atoms with Gasteiger partial charge in [-0.05, 0) is 40.9 Å². The highest BCUT2D eigenvalue weighted by Gasteiger charge is 2.28. The molecule has 1 fully saturated rings. The van der Waals surface area contributed by atoms with Gasteiger partial charge in [0.15, 0.2) is 5.78 Å². The standard InChI is InChI=1S/C11H15BrN2OS/c1-2-5-14-10(8(12)7-13-14)11(15)9-4-3-6-16-9/h7,9H,2-6H2,1H3. The molecular formula is C11H15BrN2OS. The van der Waals surface area contributed by atoms with E-state index in [-0.39, 0.29) is 11.0 Å². The van der Waals surface area contributed by atoms with Gasteiger partial charge in [-0.25, -0.2) is 0 Å². The molecule has 1 aliphatic rings. The van der Waals surface area contributed by atoms with Crippen LogP contribution in [0, 0.1) is 0 Å². The molecule has 5 heteroatoms. The molecule has 1 aliphatic heterocycles. The van der Waals surface area contributed by atoms with Crippen molar-refractivity contribution in [1.82, 2.24) is 9.78 Å². The largest absolute Gasteiger partial charge is 0.291 e. The quantitative estimate of drug-likeness (QED) is 0.802. The Morgan fingerprint density at radius 1 is 1.75 bits per heavy atom. The molecule has 0 spiro atoms. The van der Waals surface area contributed by atoms with Gasteiger partial charge in [0, 0.05) is 6.54 Å². The van der Waals surface area contributed by atoms with E-state index in [0.717, 1.165) is 41.7 Å². The fraction of sp³-hybridized carbons (Fsp3) is 0.636. The van der Waals surface area contributed by atoms with Gasteiger partial charge in [-0.2, -0.15) is 16.9 Å². The molecule has 2 heterocycles. The van der Waals surface area contributed by atoms with Crippen LogP contribution in [0.25, 0.3) is 0 Å². The minimum Gasteiger partial charge on any atom is -0.291 e. The van der Waals surface area contributed by atoms with E-state index >= 15 is 0 Å². The van der Waals surface area contributed by atoms with Crippen LogP contribution in [0.2, 0.25) is 0 Å². The lowest BCUT2D eigenvalue weighted by molar-refractivity contribution is 0.0977. The fourth-order valence-corrected chi connectivity index (χ4v) is 3.63. The Labute approximate surface area is 108 Å². The van der Waals surface area contributed by atoms with Crippen LogP contribution in [-0.2, 0) is 6.54 Å². The zero-order chi connectivity index (χ0) is 11.5. The van der Waals surface area contributed by atoms with Crippen LogP contribution in [-0.4, -0.2) is 26.6 Å². The fourth-order valence-electron chi connectivity index (χ4n) is 1.93. The van der Waals surface area contributed by atoms with Gasteiger partial charge in [0.2, 0.25) is 0 Å². The summed E-state index contributed by atoms with van der Waals surface area (Å²) in [5, 5.41) is 4.38. The molecular weight excluding hydrogens is 288 g/mol. The molecule has 2 rings (SSSR count). The van der Waals surface area contributed by atoms with Crippen molar-refractivity contribution in [2.24, 2.45) is 0 Å². The smallest absolute Gasteiger partial charge is 0.194 e. The van der Waals surface area contributed by atoms with Crippen molar-refractivity contribution in [2.75, 3.05) is 5.75 Å². The minimum absolute atomic E-state index is 0.142. The van der Waals surface area contributed by atoms with Crippen molar-refractivity contribution >= 4 is 33.5 Å². The van der Waals surface area contributed by atoms with E-state index in [2.05, 4.69) is 28.0 Å². The molecule has 1 atom stereocenters. The predicted molar refractivity (Wildman–Crippen MR) is 70.0 cm³/mol. The number of thioether (sulfide) groups is 1. The van der Waals surface area contributed by atoms with Gasteiger partial charge in [0.25, 0.3) is 0 Å². The van der Waals surface area contributed by atoms with Gasteiger partial charge in [-0.1, -0.05) is 6.92 Å². The number of aryl methyl sites for hydroxylation is 1. The van der Waals surface area contributed by atoms with Crippen LogP contribution < -0.4 is 0 Å². The minimum atomic E-state index is 0.142. The Morgan fingerprint density at radius 3 is 3.19 bits per heavy atom. The highest BCUT2D eigenvalue weighted by molar-refractivity contribution is 9.10. The van der Waals surface area contributed by atoms with Crippen molar-refractivity contribution in [3.8, 4) is 0 Å². The molecule has 0 aliphatic carbocycles. The summed E-state index contributed by atoms with van der Waals surface area (Å²) in [7, 11) is 0. The third-order valence-electron chi connectivity index (χ3n) is 2.69. The van der Waals surface area contributed by atoms with E-state index in [4.69, 9.17) is 0 Å². The Morgan fingerprint density at radius 2 is 2.56 bits per heavy atom. The van der Waals surface area contributed by atoms with E-state index in [0.29, 0.717) is 0 Å². The van der Waals surface area contributed by atoms with E-state index in [1.54, 1.807) is 18.0 Å². The maximum atomic E-state index is 12.3. The zero-order valence-corrected chi connectivity index (χ0v) is 11.7. The van der Waals surface area contributed by atoms with E-state index in [9.17, 15) is 4.79 Å². The summed E-state index contributed by atoms with van der Waals surface area (Å²) in [5.41, 5.74) is 0.751. The average molecular weight is 303 g/mol. The Bertz CT molecular complexity index is 385. The third-order valence-corrected chi connectivity index (χ3v) is 4.64. The Hall–Kier alpha value is -0.290. The van der Waals surface area contributed by atoms with E-state index in [1.807, 2.05) is 4.68 Å². The SMILES string of the molecule is CCCn1ncc(Br)c1C(=O)C1CCCS1. The van der Waals surface area contributed by atoms with Crippen molar-refractivity contribution in [1.29, 1.82) is 0 Å². The summed E-state index contributed by atoms with van der Waals surface area (Å²) in [6, 6.07) is 0. The first-order chi connectivity index (χ1) is 7.74. The van der Waals surface area contributed by atoms with Crippen LogP contribution in [0.1, 0.15) is 36.7 Å². The van der Waals surface area contributed by atoms with Crippen molar-refractivity contribution in [2.45, 2.75) is 38.0 Å². The first-order valence-corrected chi connectivity index (χ1v) is 7.45. The normalized spacial score (nSPS) is 20.2. The van der Waals surface area contributed by atoms with Crippen LogP contribution in [0.4, 0.5) is 0 Å². The van der Waals surface area contributed by atoms with Gasteiger partial charge in [-0.15, -0.1) is 0 Å². The topological polar surface area (TPSA) is 34.9 Å². The summed E-state index contributed by atoms with van der Waals surface area (Å²) >= 11 is 5.19. The lowest BCUT2D eigenvalue weighted by Crippen LogP contribution is -2.19. The number of nitrogens with zero attached hydrogens (tertiary/aromatic N) is 2. The number of rotatable bonds is 4. The van der Waals surface area contributed by atoms with Crippen molar-refractivity contribution < 1.29 is 4.79 Å². The molecule has 0 aromatic carbocycles. The molecule has 3 nitrogen and oxygen atoms in total. The molecule has 0 bridgehead atoms.